The Bertz CT molecular complexity index is 791. The fourth-order valence-corrected chi connectivity index (χ4v) is 3.65. The Hall–Kier alpha value is -2.66. The molecule has 1 heterocycles. The number of hydrogen-bond acceptors (Lipinski definition) is 3. The van der Waals surface area contributed by atoms with E-state index in [9.17, 15) is 9.59 Å². The van der Waals surface area contributed by atoms with Crippen molar-refractivity contribution in [3.8, 4) is 11.1 Å². The van der Waals surface area contributed by atoms with E-state index >= 15 is 0 Å². The molecule has 0 bridgehead atoms. The largest absolute Gasteiger partial charge is 0.369 e. The molecule has 0 aromatic heterocycles. The Morgan fingerprint density at radius 2 is 1.85 bits per heavy atom. The van der Waals surface area contributed by atoms with Crippen molar-refractivity contribution in [3.63, 3.8) is 0 Å². The summed E-state index contributed by atoms with van der Waals surface area (Å²) in [5, 5.41) is 0. The lowest BCUT2D eigenvalue weighted by Gasteiger charge is -2.40. The SMILES string of the molecule is CCCCC1CN(c2cccc(-c3ccccc3)c2)C(=O)CN1CC(N)=O. The number of hydrogen-bond donors (Lipinski definition) is 1. The van der Waals surface area contributed by atoms with Crippen LogP contribution in [0.2, 0.25) is 0 Å². The molecule has 142 valence electrons. The number of benzene rings is 2. The summed E-state index contributed by atoms with van der Waals surface area (Å²) < 4.78 is 0. The molecule has 3 rings (SSSR count). The second-order valence-corrected chi connectivity index (χ2v) is 7.09. The van der Waals surface area contributed by atoms with Crippen LogP contribution in [0.25, 0.3) is 11.1 Å². The van der Waals surface area contributed by atoms with Crippen molar-refractivity contribution in [1.29, 1.82) is 0 Å². The Morgan fingerprint density at radius 1 is 1.11 bits per heavy atom. The molecule has 1 atom stereocenters. The summed E-state index contributed by atoms with van der Waals surface area (Å²) in [6.07, 6.45) is 3.09. The van der Waals surface area contributed by atoms with Crippen LogP contribution in [-0.4, -0.2) is 42.4 Å². The van der Waals surface area contributed by atoms with Crippen molar-refractivity contribution < 1.29 is 9.59 Å². The first kappa shape index (κ1) is 19.1. The van der Waals surface area contributed by atoms with E-state index in [2.05, 4.69) is 31.2 Å². The zero-order chi connectivity index (χ0) is 19.2. The number of carbonyl (C=O) groups excluding carboxylic acids is 2. The molecule has 2 aromatic carbocycles. The first-order chi connectivity index (χ1) is 13.1. The number of piperazine rings is 1. The van der Waals surface area contributed by atoms with Crippen LogP contribution in [0.4, 0.5) is 5.69 Å². The van der Waals surface area contributed by atoms with Crippen LogP contribution >= 0.6 is 0 Å². The van der Waals surface area contributed by atoms with Crippen LogP contribution in [0, 0.1) is 0 Å². The highest BCUT2D eigenvalue weighted by molar-refractivity contribution is 5.96. The van der Waals surface area contributed by atoms with Gasteiger partial charge in [0.15, 0.2) is 0 Å². The predicted molar refractivity (Wildman–Crippen MR) is 108 cm³/mol. The highest BCUT2D eigenvalue weighted by Crippen LogP contribution is 2.27. The summed E-state index contributed by atoms with van der Waals surface area (Å²) in [6, 6.07) is 18.4. The quantitative estimate of drug-likeness (QED) is 0.820. The van der Waals surface area contributed by atoms with Gasteiger partial charge in [0.1, 0.15) is 0 Å². The Labute approximate surface area is 160 Å². The van der Waals surface area contributed by atoms with E-state index in [1.54, 1.807) is 0 Å². The number of primary amides is 1. The molecule has 0 saturated carbocycles. The van der Waals surface area contributed by atoms with Crippen LogP contribution in [0.5, 0.6) is 0 Å². The van der Waals surface area contributed by atoms with Gasteiger partial charge in [0.2, 0.25) is 11.8 Å². The highest BCUT2D eigenvalue weighted by atomic mass is 16.2. The van der Waals surface area contributed by atoms with Crippen LogP contribution in [-0.2, 0) is 9.59 Å². The minimum absolute atomic E-state index is 0.00853. The lowest BCUT2D eigenvalue weighted by atomic mass is 10.0. The maximum atomic E-state index is 12.8. The summed E-state index contributed by atoms with van der Waals surface area (Å²) in [5.74, 6) is -0.377. The molecule has 0 radical (unpaired) electrons. The number of rotatable bonds is 7. The summed E-state index contributed by atoms with van der Waals surface area (Å²) in [7, 11) is 0. The van der Waals surface area contributed by atoms with Crippen molar-refractivity contribution in [3.05, 3.63) is 54.6 Å². The summed E-state index contributed by atoms with van der Waals surface area (Å²) in [5.41, 5.74) is 8.50. The summed E-state index contributed by atoms with van der Waals surface area (Å²) in [6.45, 7) is 3.10. The van der Waals surface area contributed by atoms with Gasteiger partial charge in [-0.1, -0.05) is 62.2 Å². The molecule has 1 aliphatic rings. The lowest BCUT2D eigenvalue weighted by Crippen LogP contribution is -2.58. The van der Waals surface area contributed by atoms with E-state index in [0.29, 0.717) is 6.54 Å². The van der Waals surface area contributed by atoms with Gasteiger partial charge in [-0.2, -0.15) is 0 Å². The average molecular weight is 365 g/mol. The van der Waals surface area contributed by atoms with Crippen molar-refractivity contribution in [2.24, 2.45) is 5.73 Å². The molecule has 2 N–H and O–H groups in total. The molecular formula is C22H27N3O2. The standard InChI is InChI=1S/C22H27N3O2/c1-2-3-11-20-14-25(22(27)16-24(20)15-21(23)26)19-12-7-10-18(13-19)17-8-5-4-6-9-17/h4-10,12-13,20H,2-3,11,14-16H2,1H3,(H2,23,26). The third-order valence-electron chi connectivity index (χ3n) is 5.06. The van der Waals surface area contributed by atoms with Crippen LogP contribution in [0.3, 0.4) is 0 Å². The topological polar surface area (TPSA) is 66.6 Å². The van der Waals surface area contributed by atoms with Crippen LogP contribution in [0.15, 0.2) is 54.6 Å². The Balaban J connectivity index is 1.83. The number of unbranched alkanes of at least 4 members (excludes halogenated alkanes) is 1. The molecule has 1 saturated heterocycles. The Kier molecular flexibility index (Phi) is 6.24. The number of nitrogens with zero attached hydrogens (tertiary/aromatic N) is 2. The second kappa shape index (κ2) is 8.82. The monoisotopic (exact) mass is 365 g/mol. The van der Waals surface area contributed by atoms with Gasteiger partial charge in [-0.15, -0.1) is 0 Å². The van der Waals surface area contributed by atoms with E-state index in [0.717, 1.165) is 36.1 Å². The molecule has 0 spiro atoms. The third kappa shape index (κ3) is 4.74. The van der Waals surface area contributed by atoms with E-state index in [-0.39, 0.29) is 30.9 Å². The fraction of sp³-hybridized carbons (Fsp3) is 0.364. The highest BCUT2D eigenvalue weighted by Gasteiger charge is 2.33. The second-order valence-electron chi connectivity index (χ2n) is 7.09. The lowest BCUT2D eigenvalue weighted by molar-refractivity contribution is -0.125. The first-order valence-corrected chi connectivity index (χ1v) is 9.56. The molecule has 2 aromatic rings. The summed E-state index contributed by atoms with van der Waals surface area (Å²) in [4.78, 5) is 28.0. The smallest absolute Gasteiger partial charge is 0.241 e. The maximum absolute atomic E-state index is 12.8. The van der Waals surface area contributed by atoms with Gasteiger partial charge in [0.25, 0.3) is 0 Å². The van der Waals surface area contributed by atoms with Crippen molar-refractivity contribution >= 4 is 17.5 Å². The molecule has 2 amide bonds. The number of carbonyl (C=O) groups is 2. The molecule has 5 nitrogen and oxygen atoms in total. The minimum atomic E-state index is -0.385. The van der Waals surface area contributed by atoms with Crippen molar-refractivity contribution in [1.82, 2.24) is 4.90 Å². The zero-order valence-corrected chi connectivity index (χ0v) is 15.8. The van der Waals surface area contributed by atoms with E-state index in [4.69, 9.17) is 5.73 Å². The van der Waals surface area contributed by atoms with Gasteiger partial charge < -0.3 is 10.6 Å². The van der Waals surface area contributed by atoms with Crippen molar-refractivity contribution in [2.75, 3.05) is 24.5 Å². The molecule has 27 heavy (non-hydrogen) atoms. The molecule has 0 aliphatic carbocycles. The third-order valence-corrected chi connectivity index (χ3v) is 5.06. The predicted octanol–water partition coefficient (Wildman–Crippen LogP) is 3.05. The maximum Gasteiger partial charge on any atom is 0.241 e. The average Bonchev–Trinajstić information content (AvgIpc) is 2.68. The van der Waals surface area contributed by atoms with Gasteiger partial charge in [0.05, 0.1) is 13.1 Å². The molecule has 5 heteroatoms. The van der Waals surface area contributed by atoms with E-state index in [1.165, 1.54) is 0 Å². The summed E-state index contributed by atoms with van der Waals surface area (Å²) >= 11 is 0. The molecule has 1 unspecified atom stereocenters. The number of anilines is 1. The normalized spacial score (nSPS) is 17.9. The molecule has 1 aliphatic heterocycles. The Morgan fingerprint density at radius 3 is 2.56 bits per heavy atom. The van der Waals surface area contributed by atoms with Crippen LogP contribution in [0.1, 0.15) is 26.2 Å². The van der Waals surface area contributed by atoms with Gasteiger partial charge in [-0.3, -0.25) is 14.5 Å². The minimum Gasteiger partial charge on any atom is -0.369 e. The van der Waals surface area contributed by atoms with Crippen LogP contribution < -0.4 is 10.6 Å². The zero-order valence-electron chi connectivity index (χ0n) is 15.8. The van der Waals surface area contributed by atoms with Gasteiger partial charge in [0, 0.05) is 18.3 Å². The van der Waals surface area contributed by atoms with Gasteiger partial charge in [-0.25, -0.2) is 0 Å². The van der Waals surface area contributed by atoms with Gasteiger partial charge in [-0.05, 0) is 29.7 Å². The fourth-order valence-electron chi connectivity index (χ4n) is 3.65. The van der Waals surface area contributed by atoms with Gasteiger partial charge >= 0.3 is 0 Å². The van der Waals surface area contributed by atoms with E-state index in [1.807, 2.05) is 40.1 Å². The van der Waals surface area contributed by atoms with Crippen molar-refractivity contribution in [2.45, 2.75) is 32.2 Å². The first-order valence-electron chi connectivity index (χ1n) is 9.56. The molecular weight excluding hydrogens is 338 g/mol. The molecule has 1 fully saturated rings. The number of nitrogens with two attached hydrogens (primary N) is 1. The number of amides is 2. The van der Waals surface area contributed by atoms with E-state index < -0.39 is 0 Å².